The third-order valence-corrected chi connectivity index (χ3v) is 5.72. The lowest BCUT2D eigenvalue weighted by Gasteiger charge is -2.22. The quantitative estimate of drug-likeness (QED) is 0.517. The number of aliphatic hydroxyl groups excluding tert-OH is 1. The summed E-state index contributed by atoms with van der Waals surface area (Å²) in [6, 6.07) is 23.7. The highest BCUT2D eigenvalue weighted by Crippen LogP contribution is 2.44. The van der Waals surface area contributed by atoms with E-state index in [1.165, 1.54) is 22.3 Å². The van der Waals surface area contributed by atoms with Gasteiger partial charge in [0.05, 0.1) is 12.6 Å². The van der Waals surface area contributed by atoms with Crippen LogP contribution in [0.5, 0.6) is 5.75 Å². The summed E-state index contributed by atoms with van der Waals surface area (Å²) in [4.78, 5) is 12.5. The molecule has 3 aromatic carbocycles. The molecule has 0 aromatic heterocycles. The summed E-state index contributed by atoms with van der Waals surface area (Å²) >= 11 is 0. The molecule has 0 aliphatic heterocycles. The van der Waals surface area contributed by atoms with E-state index in [0.29, 0.717) is 6.42 Å². The molecule has 33 heavy (non-hydrogen) atoms. The number of amides is 1. The highest BCUT2D eigenvalue weighted by atomic mass is 16.5. The maximum atomic E-state index is 12.5. The predicted octanol–water partition coefficient (Wildman–Crippen LogP) is 5.31. The molecule has 0 saturated heterocycles. The molecule has 3 aromatic rings. The van der Waals surface area contributed by atoms with Gasteiger partial charge in [0.1, 0.15) is 18.0 Å². The standard InChI is InChI=1S/C28H31NO4/c1-28(2,3)33-21-14-12-19(13-15-21)16-20(17-30)29-27(31)32-18-26-24-10-6-4-8-22(24)23-9-5-7-11-25(23)26/h4-15,20,26,30H,16-18H2,1-3H3,(H,29,31)/t20-/m0/s1. The van der Waals surface area contributed by atoms with E-state index in [1.54, 1.807) is 0 Å². The first-order valence-corrected chi connectivity index (χ1v) is 11.3. The van der Waals surface area contributed by atoms with Crippen LogP contribution < -0.4 is 10.1 Å². The van der Waals surface area contributed by atoms with Gasteiger partial charge in [-0.05, 0) is 67.1 Å². The second kappa shape index (κ2) is 9.67. The maximum absolute atomic E-state index is 12.5. The molecular weight excluding hydrogens is 414 g/mol. The Hall–Kier alpha value is -3.31. The Morgan fingerprint density at radius 2 is 1.52 bits per heavy atom. The fraction of sp³-hybridized carbons (Fsp3) is 0.321. The minimum atomic E-state index is -0.524. The van der Waals surface area contributed by atoms with Gasteiger partial charge in [-0.1, -0.05) is 60.7 Å². The van der Waals surface area contributed by atoms with Crippen molar-refractivity contribution >= 4 is 6.09 Å². The Morgan fingerprint density at radius 3 is 2.06 bits per heavy atom. The topological polar surface area (TPSA) is 67.8 Å². The van der Waals surface area contributed by atoms with E-state index in [-0.39, 0.29) is 24.7 Å². The molecule has 172 valence electrons. The van der Waals surface area contributed by atoms with Gasteiger partial charge >= 0.3 is 6.09 Å². The van der Waals surface area contributed by atoms with Gasteiger partial charge < -0.3 is 19.9 Å². The van der Waals surface area contributed by atoms with Crippen molar-refractivity contribution in [3.05, 3.63) is 89.5 Å². The SMILES string of the molecule is CC(C)(C)Oc1ccc(C[C@@H](CO)NC(=O)OCC2c3ccccc3-c3ccccc32)cc1. The van der Waals surface area contributed by atoms with Crippen molar-refractivity contribution in [2.75, 3.05) is 13.2 Å². The summed E-state index contributed by atoms with van der Waals surface area (Å²) in [6.45, 7) is 6.07. The van der Waals surface area contributed by atoms with Crippen molar-refractivity contribution in [2.24, 2.45) is 0 Å². The van der Waals surface area contributed by atoms with Crippen molar-refractivity contribution in [1.82, 2.24) is 5.32 Å². The molecule has 0 bridgehead atoms. The fourth-order valence-corrected chi connectivity index (χ4v) is 4.30. The highest BCUT2D eigenvalue weighted by Gasteiger charge is 2.29. The second-order valence-corrected chi connectivity index (χ2v) is 9.41. The zero-order valence-electron chi connectivity index (χ0n) is 19.4. The molecule has 1 aliphatic carbocycles. The Bertz CT molecular complexity index is 1060. The van der Waals surface area contributed by atoms with Gasteiger partial charge in [-0.2, -0.15) is 0 Å². The molecule has 1 atom stereocenters. The van der Waals surface area contributed by atoms with Gasteiger partial charge in [-0.25, -0.2) is 4.79 Å². The Balaban J connectivity index is 1.35. The summed E-state index contributed by atoms with van der Waals surface area (Å²) in [5.74, 6) is 0.794. The van der Waals surface area contributed by atoms with Crippen LogP contribution in [0.3, 0.4) is 0 Å². The first kappa shape index (κ1) is 22.9. The first-order chi connectivity index (χ1) is 15.8. The monoisotopic (exact) mass is 445 g/mol. The van der Waals surface area contributed by atoms with E-state index >= 15 is 0 Å². The molecule has 4 rings (SSSR count). The third-order valence-electron chi connectivity index (χ3n) is 5.72. The average molecular weight is 446 g/mol. The number of rotatable bonds is 7. The van der Waals surface area contributed by atoms with E-state index < -0.39 is 12.1 Å². The molecular formula is C28H31NO4. The number of carbonyl (C=O) groups is 1. The number of hydrogen-bond acceptors (Lipinski definition) is 4. The van der Waals surface area contributed by atoms with Crippen LogP contribution in [0.25, 0.3) is 11.1 Å². The molecule has 0 spiro atoms. The highest BCUT2D eigenvalue weighted by molar-refractivity contribution is 5.79. The predicted molar refractivity (Wildman–Crippen MR) is 130 cm³/mol. The van der Waals surface area contributed by atoms with Crippen LogP contribution in [0, 0.1) is 0 Å². The van der Waals surface area contributed by atoms with Gasteiger partial charge in [0.15, 0.2) is 0 Å². The van der Waals surface area contributed by atoms with Gasteiger partial charge in [-0.3, -0.25) is 0 Å². The molecule has 5 heteroatoms. The van der Waals surface area contributed by atoms with E-state index in [0.717, 1.165) is 11.3 Å². The molecule has 0 unspecified atom stereocenters. The van der Waals surface area contributed by atoms with Crippen LogP contribution in [0.1, 0.15) is 43.4 Å². The van der Waals surface area contributed by atoms with Crippen molar-refractivity contribution < 1.29 is 19.4 Å². The minimum Gasteiger partial charge on any atom is -0.488 e. The number of aliphatic hydroxyl groups is 1. The first-order valence-electron chi connectivity index (χ1n) is 11.3. The van der Waals surface area contributed by atoms with Gasteiger partial charge in [0.25, 0.3) is 0 Å². The molecule has 1 amide bonds. The van der Waals surface area contributed by atoms with Crippen molar-refractivity contribution in [3.8, 4) is 16.9 Å². The van der Waals surface area contributed by atoms with Gasteiger partial charge in [-0.15, -0.1) is 0 Å². The van der Waals surface area contributed by atoms with E-state index in [1.807, 2.05) is 69.3 Å². The lowest BCUT2D eigenvalue weighted by atomic mass is 9.98. The Labute approximate surface area is 195 Å². The zero-order valence-corrected chi connectivity index (χ0v) is 19.4. The van der Waals surface area contributed by atoms with Crippen LogP contribution in [-0.4, -0.2) is 36.1 Å². The minimum absolute atomic E-state index is 0.00564. The third kappa shape index (κ3) is 5.55. The number of hydrogen-bond donors (Lipinski definition) is 2. The lowest BCUT2D eigenvalue weighted by molar-refractivity contribution is 0.130. The summed E-state index contributed by atoms with van der Waals surface area (Å²) in [6.07, 6.45) is -0.0279. The van der Waals surface area contributed by atoms with Crippen LogP contribution in [0.4, 0.5) is 4.79 Å². The molecule has 0 radical (unpaired) electrons. The van der Waals surface area contributed by atoms with Crippen molar-refractivity contribution in [2.45, 2.75) is 44.8 Å². The van der Waals surface area contributed by atoms with E-state index in [2.05, 4.69) is 29.6 Å². The largest absolute Gasteiger partial charge is 0.488 e. The summed E-state index contributed by atoms with van der Waals surface area (Å²) in [7, 11) is 0. The number of benzene rings is 3. The normalized spacial score (nSPS) is 13.7. The number of carbonyl (C=O) groups excluding carboxylic acids is 1. The summed E-state index contributed by atoms with van der Waals surface area (Å²) in [5.41, 5.74) is 5.45. The zero-order chi connectivity index (χ0) is 23.4. The van der Waals surface area contributed by atoms with Gasteiger partial charge in [0, 0.05) is 5.92 Å². The lowest BCUT2D eigenvalue weighted by Crippen LogP contribution is -2.39. The molecule has 2 N–H and O–H groups in total. The van der Waals surface area contributed by atoms with Crippen molar-refractivity contribution in [3.63, 3.8) is 0 Å². The van der Waals surface area contributed by atoms with Crippen LogP contribution in [0.2, 0.25) is 0 Å². The summed E-state index contributed by atoms with van der Waals surface area (Å²) in [5, 5.41) is 12.6. The Kier molecular flexibility index (Phi) is 6.70. The summed E-state index contributed by atoms with van der Waals surface area (Å²) < 4.78 is 11.4. The van der Waals surface area contributed by atoms with Gasteiger partial charge in [0.2, 0.25) is 0 Å². The average Bonchev–Trinajstić information content (AvgIpc) is 3.11. The number of nitrogens with one attached hydrogen (secondary N) is 1. The fourth-order valence-electron chi connectivity index (χ4n) is 4.30. The second-order valence-electron chi connectivity index (χ2n) is 9.41. The molecule has 1 aliphatic rings. The number of ether oxygens (including phenoxy) is 2. The smallest absolute Gasteiger partial charge is 0.407 e. The molecule has 5 nitrogen and oxygen atoms in total. The van der Waals surface area contributed by atoms with Crippen LogP contribution in [0.15, 0.2) is 72.8 Å². The van der Waals surface area contributed by atoms with Crippen LogP contribution >= 0.6 is 0 Å². The maximum Gasteiger partial charge on any atom is 0.407 e. The Morgan fingerprint density at radius 1 is 0.939 bits per heavy atom. The van der Waals surface area contributed by atoms with E-state index in [4.69, 9.17) is 9.47 Å². The number of fused-ring (bicyclic) bond motifs is 3. The van der Waals surface area contributed by atoms with E-state index in [9.17, 15) is 9.90 Å². The molecule has 0 saturated carbocycles. The van der Waals surface area contributed by atoms with Crippen molar-refractivity contribution in [1.29, 1.82) is 0 Å². The molecule has 0 heterocycles. The van der Waals surface area contributed by atoms with Crippen LogP contribution in [-0.2, 0) is 11.2 Å². The number of alkyl carbamates (subject to hydrolysis) is 1. The molecule has 0 fully saturated rings.